The molecule has 1 aliphatic carbocycles. The van der Waals surface area contributed by atoms with E-state index in [-0.39, 0.29) is 17.0 Å². The Kier molecular flexibility index (Phi) is 1.80. The molecule has 0 aromatic carbocycles. The zero-order valence-corrected chi connectivity index (χ0v) is 7.84. The van der Waals surface area contributed by atoms with E-state index in [9.17, 15) is 8.42 Å². The van der Waals surface area contributed by atoms with Crippen molar-refractivity contribution in [2.45, 2.75) is 25.3 Å². The first kappa shape index (κ1) is 8.55. The van der Waals surface area contributed by atoms with Crippen molar-refractivity contribution in [3.63, 3.8) is 0 Å². The summed E-state index contributed by atoms with van der Waals surface area (Å²) in [4.78, 5) is 4.07. The van der Waals surface area contributed by atoms with Crippen LogP contribution in [0.4, 0.5) is 0 Å². The highest BCUT2D eigenvalue weighted by Gasteiger charge is 2.27. The van der Waals surface area contributed by atoms with Crippen molar-refractivity contribution in [2.75, 3.05) is 0 Å². The normalized spacial score (nSPS) is 29.5. The lowest BCUT2D eigenvalue weighted by atomic mass is 9.94. The van der Waals surface area contributed by atoms with Crippen LogP contribution in [0.25, 0.3) is 0 Å². The van der Waals surface area contributed by atoms with Gasteiger partial charge >= 0.3 is 0 Å². The summed E-state index contributed by atoms with van der Waals surface area (Å²) in [5.41, 5.74) is 5.33. The van der Waals surface area contributed by atoms with Crippen LogP contribution in [0.1, 0.15) is 19.3 Å². The molecule has 1 heterocycles. The number of amidine groups is 1. The van der Waals surface area contributed by atoms with Crippen molar-refractivity contribution in [3.05, 3.63) is 11.2 Å². The van der Waals surface area contributed by atoms with E-state index in [1.165, 1.54) is 0 Å². The summed E-state index contributed by atoms with van der Waals surface area (Å²) in [6, 6.07) is 0.163. The van der Waals surface area contributed by atoms with Crippen LogP contribution < -0.4 is 11.1 Å². The van der Waals surface area contributed by atoms with E-state index >= 15 is 0 Å². The Balaban J connectivity index is 2.23. The van der Waals surface area contributed by atoms with Crippen molar-refractivity contribution in [1.82, 2.24) is 5.32 Å². The van der Waals surface area contributed by atoms with Crippen molar-refractivity contribution in [3.8, 4) is 0 Å². The summed E-state index contributed by atoms with van der Waals surface area (Å²) >= 11 is 0. The minimum atomic E-state index is -3.36. The van der Waals surface area contributed by atoms with E-state index in [2.05, 4.69) is 10.3 Å². The third-order valence-electron chi connectivity index (χ3n) is 2.18. The van der Waals surface area contributed by atoms with Crippen LogP contribution in [0.3, 0.4) is 0 Å². The van der Waals surface area contributed by atoms with Gasteiger partial charge in [0.1, 0.15) is 5.82 Å². The summed E-state index contributed by atoms with van der Waals surface area (Å²) < 4.78 is 22.6. The van der Waals surface area contributed by atoms with E-state index in [1.807, 2.05) is 0 Å². The van der Waals surface area contributed by atoms with Crippen LogP contribution in [-0.2, 0) is 9.84 Å². The smallest absolute Gasteiger partial charge is 0.236 e. The molecule has 1 aliphatic heterocycles. The molecule has 0 bridgehead atoms. The summed E-state index contributed by atoms with van der Waals surface area (Å²) in [7, 11) is -3.36. The van der Waals surface area contributed by atoms with E-state index in [1.54, 1.807) is 0 Å². The lowest BCUT2D eigenvalue weighted by Gasteiger charge is -2.21. The summed E-state index contributed by atoms with van der Waals surface area (Å²) in [6.45, 7) is 0. The molecule has 0 saturated heterocycles. The van der Waals surface area contributed by atoms with Gasteiger partial charge in [0, 0.05) is 0 Å². The second kappa shape index (κ2) is 2.73. The standard InChI is InChI=1S/C7H11N3O2S/c8-6-4-13(11,12)7(10-6)9-5-2-1-3-5/h4-5H,1-3,8H2,(H,9,10). The molecule has 2 aliphatic rings. The number of nitrogens with two attached hydrogens (primary N) is 1. The van der Waals surface area contributed by atoms with Gasteiger partial charge in [0.2, 0.25) is 15.0 Å². The number of hydrogen-bond donors (Lipinski definition) is 2. The average Bonchev–Trinajstić information content (AvgIpc) is 2.15. The Bertz CT molecular complexity index is 379. The van der Waals surface area contributed by atoms with Gasteiger partial charge in [-0.1, -0.05) is 0 Å². The van der Waals surface area contributed by atoms with Gasteiger partial charge in [-0.25, -0.2) is 8.42 Å². The average molecular weight is 201 g/mol. The number of nitrogens with zero attached hydrogens (tertiary/aromatic N) is 1. The minimum Gasteiger partial charge on any atom is -0.385 e. The fourth-order valence-electron chi connectivity index (χ4n) is 1.23. The van der Waals surface area contributed by atoms with Crippen molar-refractivity contribution >= 4 is 15.0 Å². The van der Waals surface area contributed by atoms with E-state index in [4.69, 9.17) is 5.73 Å². The van der Waals surface area contributed by atoms with Gasteiger partial charge in [-0.3, -0.25) is 4.99 Å². The molecule has 0 unspecified atom stereocenters. The topological polar surface area (TPSA) is 84.6 Å². The van der Waals surface area contributed by atoms with E-state index in [0.717, 1.165) is 24.7 Å². The molecule has 0 radical (unpaired) electrons. The Morgan fingerprint density at radius 3 is 2.62 bits per heavy atom. The molecule has 0 aromatic rings. The molecule has 72 valence electrons. The Hall–Kier alpha value is -1.04. The SMILES string of the molecule is NC1=CS(=O)(=O)C(=NC2CCC2)N1. The van der Waals surface area contributed by atoms with Crippen LogP contribution in [0.15, 0.2) is 16.2 Å². The van der Waals surface area contributed by atoms with Crippen LogP contribution in [0.2, 0.25) is 0 Å². The molecule has 0 spiro atoms. The zero-order valence-electron chi connectivity index (χ0n) is 7.03. The van der Waals surface area contributed by atoms with Crippen LogP contribution >= 0.6 is 0 Å². The van der Waals surface area contributed by atoms with Crippen LogP contribution in [0.5, 0.6) is 0 Å². The third-order valence-corrected chi connectivity index (χ3v) is 3.49. The van der Waals surface area contributed by atoms with Gasteiger partial charge in [-0.05, 0) is 19.3 Å². The molecule has 3 N–H and O–H groups in total. The summed E-state index contributed by atoms with van der Waals surface area (Å²) in [5, 5.41) is 3.56. The number of rotatable bonds is 1. The molecule has 0 atom stereocenters. The highest BCUT2D eigenvalue weighted by atomic mass is 32.2. The monoisotopic (exact) mass is 201 g/mol. The molecule has 1 fully saturated rings. The first-order chi connectivity index (χ1) is 6.08. The lowest BCUT2D eigenvalue weighted by molar-refractivity contribution is 0.420. The maximum atomic E-state index is 11.3. The minimum absolute atomic E-state index is 0.00898. The number of hydrogen-bond acceptors (Lipinski definition) is 4. The quantitative estimate of drug-likeness (QED) is 0.608. The second-order valence-electron chi connectivity index (χ2n) is 3.26. The largest absolute Gasteiger partial charge is 0.385 e. The fraction of sp³-hybridized carbons (Fsp3) is 0.571. The van der Waals surface area contributed by atoms with Gasteiger partial charge in [0.15, 0.2) is 0 Å². The van der Waals surface area contributed by atoms with Crippen molar-refractivity contribution in [1.29, 1.82) is 0 Å². The van der Waals surface area contributed by atoms with Gasteiger partial charge < -0.3 is 11.1 Å². The molecule has 2 rings (SSSR count). The first-order valence-electron chi connectivity index (χ1n) is 4.15. The highest BCUT2D eigenvalue weighted by molar-refractivity contribution is 8.09. The molecule has 0 aromatic heterocycles. The lowest BCUT2D eigenvalue weighted by Crippen LogP contribution is -2.28. The van der Waals surface area contributed by atoms with Gasteiger partial charge in [0.25, 0.3) is 0 Å². The highest BCUT2D eigenvalue weighted by Crippen LogP contribution is 2.23. The number of sulfone groups is 1. The molecule has 5 nitrogen and oxygen atoms in total. The molecule has 6 heteroatoms. The number of aliphatic imine (C=N–C) groups is 1. The predicted molar refractivity (Wildman–Crippen MR) is 49.4 cm³/mol. The third kappa shape index (κ3) is 1.53. The van der Waals surface area contributed by atoms with Crippen molar-refractivity contribution < 1.29 is 8.42 Å². The van der Waals surface area contributed by atoms with Gasteiger partial charge in [-0.2, -0.15) is 0 Å². The Labute approximate surface area is 76.6 Å². The molecular formula is C7H11N3O2S. The molecule has 1 saturated carbocycles. The molecular weight excluding hydrogens is 190 g/mol. The second-order valence-corrected chi connectivity index (χ2v) is 4.97. The zero-order chi connectivity index (χ0) is 9.47. The van der Waals surface area contributed by atoms with Crippen LogP contribution in [-0.4, -0.2) is 19.6 Å². The van der Waals surface area contributed by atoms with Crippen molar-refractivity contribution in [2.24, 2.45) is 10.7 Å². The predicted octanol–water partition coefficient (Wildman–Crippen LogP) is -0.329. The first-order valence-corrected chi connectivity index (χ1v) is 5.70. The van der Waals surface area contributed by atoms with E-state index in [0.29, 0.717) is 0 Å². The Morgan fingerprint density at radius 1 is 1.54 bits per heavy atom. The molecule has 0 amide bonds. The maximum absolute atomic E-state index is 11.3. The summed E-state index contributed by atoms with van der Waals surface area (Å²) in [5.74, 6) is 0.151. The van der Waals surface area contributed by atoms with Gasteiger partial charge in [-0.15, -0.1) is 0 Å². The number of nitrogens with one attached hydrogen (secondary N) is 1. The fourth-order valence-corrected chi connectivity index (χ4v) is 2.30. The van der Waals surface area contributed by atoms with E-state index < -0.39 is 9.84 Å². The maximum Gasteiger partial charge on any atom is 0.236 e. The van der Waals surface area contributed by atoms with Gasteiger partial charge in [0.05, 0.1) is 11.4 Å². The summed E-state index contributed by atoms with van der Waals surface area (Å²) in [6.07, 6.45) is 3.08. The molecule has 13 heavy (non-hydrogen) atoms. The Morgan fingerprint density at radius 2 is 2.23 bits per heavy atom. The van der Waals surface area contributed by atoms with Crippen LogP contribution in [0, 0.1) is 0 Å².